The predicted octanol–water partition coefficient (Wildman–Crippen LogP) is 6.19. The first-order valence-corrected chi connectivity index (χ1v) is 14.9. The van der Waals surface area contributed by atoms with Gasteiger partial charge in [-0.3, -0.25) is 9.00 Å². The molecule has 0 aliphatic rings. The van der Waals surface area contributed by atoms with E-state index in [1.807, 2.05) is 91.9 Å². The molecule has 0 spiro atoms. The Balaban J connectivity index is 1.60. The summed E-state index contributed by atoms with van der Waals surface area (Å²) in [5.74, 6) is 0.148. The summed E-state index contributed by atoms with van der Waals surface area (Å²) in [4.78, 5) is 25.1. The SMILES string of the molecule is Cc1ccccc1-c1cc(CCc2ccccc2Oc2ccccc2)ccc1C(=O)N[C@@H](CCS(C)=O)C(=O)O. The molecule has 2 atom stereocenters. The molecule has 1 unspecified atom stereocenters. The van der Waals surface area contributed by atoms with Crippen molar-refractivity contribution in [2.75, 3.05) is 12.0 Å². The topological polar surface area (TPSA) is 92.7 Å². The standard InChI is InChI=1S/C33H33NO5S/c1-23-10-6-8-14-27(23)29-22-24(17-19-28(29)32(35)34-30(33(36)37)20-21-40(2)38)16-18-25-11-7-9-15-31(25)39-26-12-4-3-5-13-26/h3-15,17,19,22,30H,16,18,20-21H2,1-2H3,(H,34,35)(H,36,37)/t30-,40?/m0/s1. The summed E-state index contributed by atoms with van der Waals surface area (Å²) in [6.45, 7) is 1.98. The monoisotopic (exact) mass is 555 g/mol. The van der Waals surface area contributed by atoms with Gasteiger partial charge < -0.3 is 15.2 Å². The molecule has 0 heterocycles. The van der Waals surface area contributed by atoms with E-state index in [4.69, 9.17) is 4.74 Å². The van der Waals surface area contributed by atoms with Gasteiger partial charge in [0.1, 0.15) is 17.5 Å². The molecule has 6 nitrogen and oxygen atoms in total. The van der Waals surface area contributed by atoms with Crippen molar-refractivity contribution in [1.29, 1.82) is 0 Å². The lowest BCUT2D eigenvalue weighted by atomic mass is 9.92. The van der Waals surface area contributed by atoms with Crippen LogP contribution in [0.3, 0.4) is 0 Å². The molecule has 0 bridgehead atoms. The molecule has 0 saturated heterocycles. The number of rotatable bonds is 12. The van der Waals surface area contributed by atoms with Gasteiger partial charge in [-0.2, -0.15) is 0 Å². The molecule has 0 aromatic heterocycles. The fourth-order valence-corrected chi connectivity index (χ4v) is 5.09. The van der Waals surface area contributed by atoms with Gasteiger partial charge in [0.15, 0.2) is 0 Å². The highest BCUT2D eigenvalue weighted by Gasteiger charge is 2.23. The van der Waals surface area contributed by atoms with E-state index in [2.05, 4.69) is 11.4 Å². The van der Waals surface area contributed by atoms with E-state index in [0.29, 0.717) is 5.56 Å². The first-order valence-electron chi connectivity index (χ1n) is 13.1. The maximum atomic E-state index is 13.4. The minimum Gasteiger partial charge on any atom is -0.480 e. The first-order chi connectivity index (χ1) is 19.3. The number of ether oxygens (including phenoxy) is 1. The molecule has 0 aliphatic heterocycles. The van der Waals surface area contributed by atoms with E-state index >= 15 is 0 Å². The second-order valence-electron chi connectivity index (χ2n) is 9.65. The molecule has 1 amide bonds. The summed E-state index contributed by atoms with van der Waals surface area (Å²) < 4.78 is 17.6. The number of para-hydroxylation sites is 2. The Hall–Kier alpha value is -4.23. The molecule has 4 rings (SSSR count). The van der Waals surface area contributed by atoms with E-state index in [1.165, 1.54) is 6.26 Å². The molecule has 2 N–H and O–H groups in total. The van der Waals surface area contributed by atoms with Crippen molar-refractivity contribution in [3.8, 4) is 22.6 Å². The third kappa shape index (κ3) is 7.67. The summed E-state index contributed by atoms with van der Waals surface area (Å²) in [5, 5.41) is 12.3. The summed E-state index contributed by atoms with van der Waals surface area (Å²) in [6, 6.07) is 30.0. The number of aryl methyl sites for hydroxylation is 3. The van der Waals surface area contributed by atoms with Crippen molar-refractivity contribution in [2.45, 2.75) is 32.2 Å². The van der Waals surface area contributed by atoms with Crippen molar-refractivity contribution < 1.29 is 23.6 Å². The predicted molar refractivity (Wildman–Crippen MR) is 159 cm³/mol. The van der Waals surface area contributed by atoms with E-state index in [-0.39, 0.29) is 12.2 Å². The second-order valence-corrected chi connectivity index (χ2v) is 11.2. The highest BCUT2D eigenvalue weighted by atomic mass is 32.2. The summed E-state index contributed by atoms with van der Waals surface area (Å²) >= 11 is 0. The van der Waals surface area contributed by atoms with Gasteiger partial charge in [0.2, 0.25) is 0 Å². The molecule has 0 saturated carbocycles. The number of benzene rings is 4. The number of aliphatic carboxylic acids is 1. The van der Waals surface area contributed by atoms with Gasteiger partial charge in [0.05, 0.1) is 0 Å². The highest BCUT2D eigenvalue weighted by Crippen LogP contribution is 2.30. The minimum absolute atomic E-state index is 0.0897. The largest absolute Gasteiger partial charge is 0.480 e. The van der Waals surface area contributed by atoms with Crippen molar-refractivity contribution in [3.63, 3.8) is 0 Å². The van der Waals surface area contributed by atoms with Crippen LogP contribution >= 0.6 is 0 Å². The van der Waals surface area contributed by atoms with E-state index in [9.17, 15) is 18.9 Å². The van der Waals surface area contributed by atoms with Gasteiger partial charge in [-0.1, -0.05) is 72.8 Å². The summed E-state index contributed by atoms with van der Waals surface area (Å²) in [7, 11) is -1.16. The molecule has 0 radical (unpaired) electrons. The Kier molecular flexibility index (Phi) is 9.86. The molecule has 4 aromatic rings. The summed E-state index contributed by atoms with van der Waals surface area (Å²) in [6.07, 6.45) is 3.06. The summed E-state index contributed by atoms with van der Waals surface area (Å²) in [5.41, 5.74) is 5.17. The Labute approximate surface area is 237 Å². The molecule has 206 valence electrons. The third-order valence-electron chi connectivity index (χ3n) is 6.69. The first kappa shape index (κ1) is 28.8. The van der Waals surface area contributed by atoms with Crippen LogP contribution < -0.4 is 10.1 Å². The van der Waals surface area contributed by atoms with Crippen LogP contribution in [-0.2, 0) is 28.4 Å². The van der Waals surface area contributed by atoms with E-state index < -0.39 is 28.7 Å². The number of carbonyl (C=O) groups excluding carboxylic acids is 1. The number of hydrogen-bond acceptors (Lipinski definition) is 4. The lowest BCUT2D eigenvalue weighted by Gasteiger charge is -2.18. The fourth-order valence-electron chi connectivity index (χ4n) is 4.52. The van der Waals surface area contributed by atoms with Crippen LogP contribution in [0.4, 0.5) is 0 Å². The van der Waals surface area contributed by atoms with Gasteiger partial charge in [-0.15, -0.1) is 0 Å². The maximum absolute atomic E-state index is 13.4. The molecule has 40 heavy (non-hydrogen) atoms. The maximum Gasteiger partial charge on any atom is 0.326 e. The Bertz CT molecular complexity index is 1500. The quantitative estimate of drug-likeness (QED) is 0.217. The molecular formula is C33H33NO5S. The normalized spacial score (nSPS) is 12.3. The number of amides is 1. The van der Waals surface area contributed by atoms with Gasteiger partial charge in [0.25, 0.3) is 5.91 Å². The van der Waals surface area contributed by atoms with Crippen LogP contribution in [0.2, 0.25) is 0 Å². The van der Waals surface area contributed by atoms with E-state index in [0.717, 1.165) is 52.2 Å². The molecule has 4 aromatic carbocycles. The molecule has 0 aliphatic carbocycles. The van der Waals surface area contributed by atoms with Gasteiger partial charge in [-0.05, 0) is 78.3 Å². The van der Waals surface area contributed by atoms with Crippen LogP contribution in [0.5, 0.6) is 11.5 Å². The fraction of sp³-hybridized carbons (Fsp3) is 0.212. The second kappa shape index (κ2) is 13.7. The lowest BCUT2D eigenvalue weighted by molar-refractivity contribution is -0.139. The van der Waals surface area contributed by atoms with Crippen molar-refractivity contribution in [3.05, 3.63) is 119 Å². The minimum atomic E-state index is -1.16. The molecule has 7 heteroatoms. The Morgan fingerprint density at radius 1 is 0.875 bits per heavy atom. The zero-order valence-electron chi connectivity index (χ0n) is 22.6. The molecule has 0 fully saturated rings. The van der Waals surface area contributed by atoms with Crippen LogP contribution in [-0.4, -0.2) is 39.2 Å². The zero-order chi connectivity index (χ0) is 28.5. The number of carbonyl (C=O) groups is 2. The van der Waals surface area contributed by atoms with Crippen LogP contribution in [0, 0.1) is 6.92 Å². The number of nitrogens with one attached hydrogen (secondary N) is 1. The van der Waals surface area contributed by atoms with Crippen LogP contribution in [0.25, 0.3) is 11.1 Å². The van der Waals surface area contributed by atoms with E-state index in [1.54, 1.807) is 6.07 Å². The average Bonchev–Trinajstić information content (AvgIpc) is 2.95. The van der Waals surface area contributed by atoms with Crippen molar-refractivity contribution in [2.24, 2.45) is 0 Å². The zero-order valence-corrected chi connectivity index (χ0v) is 23.4. The highest BCUT2D eigenvalue weighted by molar-refractivity contribution is 7.84. The van der Waals surface area contributed by atoms with Crippen molar-refractivity contribution >= 4 is 22.7 Å². The average molecular weight is 556 g/mol. The van der Waals surface area contributed by atoms with Gasteiger partial charge in [-0.25, -0.2) is 4.79 Å². The Morgan fingerprint density at radius 2 is 1.57 bits per heavy atom. The van der Waals surface area contributed by atoms with Gasteiger partial charge in [0, 0.05) is 28.4 Å². The van der Waals surface area contributed by atoms with Gasteiger partial charge >= 0.3 is 5.97 Å². The van der Waals surface area contributed by atoms with Crippen LogP contribution in [0.1, 0.15) is 33.5 Å². The number of hydrogen-bond donors (Lipinski definition) is 2. The Morgan fingerprint density at radius 3 is 2.30 bits per heavy atom. The third-order valence-corrected chi connectivity index (χ3v) is 7.50. The van der Waals surface area contributed by atoms with Crippen LogP contribution in [0.15, 0.2) is 97.1 Å². The molecular weight excluding hydrogens is 522 g/mol. The number of carboxylic acid groups (broad SMARTS) is 1. The van der Waals surface area contributed by atoms with Crippen molar-refractivity contribution in [1.82, 2.24) is 5.32 Å². The smallest absolute Gasteiger partial charge is 0.326 e. The number of carboxylic acids is 1. The lowest BCUT2D eigenvalue weighted by Crippen LogP contribution is -2.41.